The molecular formula is C19H28BrFO2. The summed E-state index contributed by atoms with van der Waals surface area (Å²) in [6, 6.07) is 0. The van der Waals surface area contributed by atoms with Crippen LogP contribution in [0.1, 0.15) is 65.2 Å². The molecule has 0 radical (unpaired) electrons. The second kappa shape index (κ2) is 5.03. The molecule has 4 aliphatic carbocycles. The fourth-order valence-electron chi connectivity index (χ4n) is 6.96. The van der Waals surface area contributed by atoms with Crippen molar-refractivity contribution in [2.45, 2.75) is 81.8 Å². The highest BCUT2D eigenvalue weighted by atomic mass is 79.9. The van der Waals surface area contributed by atoms with Crippen molar-refractivity contribution in [2.75, 3.05) is 0 Å². The van der Waals surface area contributed by atoms with Gasteiger partial charge in [-0.2, -0.15) is 0 Å². The molecule has 1 N–H and O–H groups in total. The Hall–Kier alpha value is 0.0400. The van der Waals surface area contributed by atoms with Gasteiger partial charge in [0.15, 0.2) is 0 Å². The minimum atomic E-state index is -0.942. The number of carbonyl (C=O) groups excluding carboxylic acids is 1. The normalized spacial score (nSPS) is 59.2. The highest BCUT2D eigenvalue weighted by molar-refractivity contribution is 9.10. The Labute approximate surface area is 146 Å². The van der Waals surface area contributed by atoms with Gasteiger partial charge >= 0.3 is 0 Å². The lowest BCUT2D eigenvalue weighted by atomic mass is 9.44. The van der Waals surface area contributed by atoms with Crippen molar-refractivity contribution in [3.05, 3.63) is 0 Å². The van der Waals surface area contributed by atoms with E-state index in [0.717, 1.165) is 32.1 Å². The van der Waals surface area contributed by atoms with Crippen molar-refractivity contribution >= 4 is 21.7 Å². The van der Waals surface area contributed by atoms with Crippen molar-refractivity contribution in [3.8, 4) is 0 Å². The first kappa shape index (κ1) is 16.5. The van der Waals surface area contributed by atoms with Gasteiger partial charge in [0.25, 0.3) is 0 Å². The van der Waals surface area contributed by atoms with Crippen molar-refractivity contribution in [2.24, 2.45) is 28.6 Å². The van der Waals surface area contributed by atoms with Crippen LogP contribution in [0.5, 0.6) is 0 Å². The van der Waals surface area contributed by atoms with E-state index in [1.807, 2.05) is 0 Å². The quantitative estimate of drug-likeness (QED) is 0.626. The van der Waals surface area contributed by atoms with Gasteiger partial charge in [-0.05, 0) is 67.1 Å². The fourth-order valence-corrected chi connectivity index (χ4v) is 8.19. The maximum atomic E-state index is 15.6. The van der Waals surface area contributed by atoms with Crippen molar-refractivity contribution in [1.82, 2.24) is 0 Å². The third kappa shape index (κ3) is 1.91. The van der Waals surface area contributed by atoms with Crippen molar-refractivity contribution < 1.29 is 14.3 Å². The summed E-state index contributed by atoms with van der Waals surface area (Å²) >= 11 is 3.97. The average Bonchev–Trinajstić information content (AvgIpc) is 2.77. The Morgan fingerprint density at radius 2 is 1.87 bits per heavy atom. The maximum Gasteiger partial charge on any atom is 0.133 e. The lowest BCUT2D eigenvalue weighted by Gasteiger charge is -2.65. The molecule has 23 heavy (non-hydrogen) atoms. The third-order valence-corrected chi connectivity index (χ3v) is 10.5. The van der Waals surface area contributed by atoms with Crippen LogP contribution in [0.4, 0.5) is 4.39 Å². The Bertz CT molecular complexity index is 539. The molecular weight excluding hydrogens is 358 g/mol. The van der Waals surface area contributed by atoms with Crippen LogP contribution in [0.25, 0.3) is 0 Å². The number of fused-ring (bicyclic) bond motifs is 5. The third-order valence-electron chi connectivity index (χ3n) is 8.46. The van der Waals surface area contributed by atoms with Crippen molar-refractivity contribution in [1.29, 1.82) is 0 Å². The molecule has 8 atom stereocenters. The molecule has 0 saturated heterocycles. The monoisotopic (exact) mass is 385 g/mol. The Morgan fingerprint density at radius 3 is 2.61 bits per heavy atom. The molecule has 4 rings (SSSR count). The molecule has 0 aliphatic heterocycles. The molecule has 4 aliphatic rings. The number of aliphatic hydroxyl groups excluding tert-OH is 1. The number of ketones is 1. The summed E-state index contributed by atoms with van der Waals surface area (Å²) in [5.41, 5.74) is -0.410. The second-order valence-corrected chi connectivity index (χ2v) is 10.5. The molecule has 0 aromatic carbocycles. The topological polar surface area (TPSA) is 37.3 Å². The second-order valence-electron chi connectivity index (χ2n) is 9.19. The number of hydrogen-bond donors (Lipinski definition) is 1. The number of hydrogen-bond acceptors (Lipinski definition) is 2. The molecule has 4 saturated carbocycles. The van der Waals surface area contributed by atoms with Crippen LogP contribution < -0.4 is 0 Å². The van der Waals surface area contributed by atoms with Gasteiger partial charge in [-0.3, -0.25) is 4.79 Å². The van der Waals surface area contributed by atoms with E-state index in [2.05, 4.69) is 29.8 Å². The zero-order chi connectivity index (χ0) is 16.6. The Morgan fingerprint density at radius 1 is 1.17 bits per heavy atom. The molecule has 0 unspecified atom stereocenters. The fraction of sp³-hybridized carbons (Fsp3) is 0.947. The van der Waals surface area contributed by atoms with Gasteiger partial charge < -0.3 is 5.11 Å². The smallest absolute Gasteiger partial charge is 0.133 e. The van der Waals surface area contributed by atoms with Crippen LogP contribution in [0.2, 0.25) is 0 Å². The number of rotatable bonds is 0. The number of Topliss-reactive ketones (excluding diaryl/α,β-unsaturated/α-hetero) is 1. The number of alkyl halides is 2. The van der Waals surface area contributed by atoms with E-state index in [-0.39, 0.29) is 22.9 Å². The first-order valence-electron chi connectivity index (χ1n) is 9.26. The first-order valence-corrected chi connectivity index (χ1v) is 10.1. The van der Waals surface area contributed by atoms with E-state index in [9.17, 15) is 9.90 Å². The van der Waals surface area contributed by atoms with Crippen molar-refractivity contribution in [3.63, 3.8) is 0 Å². The van der Waals surface area contributed by atoms with Gasteiger partial charge in [0, 0.05) is 12.8 Å². The molecule has 2 nitrogen and oxygen atoms in total. The molecule has 4 fully saturated rings. The number of aliphatic hydroxyl groups is 1. The molecule has 0 amide bonds. The van der Waals surface area contributed by atoms with Gasteiger partial charge in [-0.25, -0.2) is 4.39 Å². The summed E-state index contributed by atoms with van der Waals surface area (Å²) in [6.45, 7) is 4.33. The van der Waals surface area contributed by atoms with Crippen LogP contribution in [0.3, 0.4) is 0 Å². The maximum absolute atomic E-state index is 15.6. The molecule has 0 heterocycles. The predicted molar refractivity (Wildman–Crippen MR) is 91.2 cm³/mol. The average molecular weight is 386 g/mol. The number of halogens is 2. The zero-order valence-corrected chi connectivity index (χ0v) is 15.7. The SMILES string of the molecule is C[C@]12C[C@H]([18F])[C@@]3(Br)[C@@H](CC[C@H]4CC(=O)CC[C@@]43C)[C@@H]1CC[C@@H]2O. The Kier molecular flexibility index (Phi) is 3.61. The molecule has 0 spiro atoms. The summed E-state index contributed by atoms with van der Waals surface area (Å²) < 4.78 is 15.1. The van der Waals surface area contributed by atoms with Crippen LogP contribution in [0.15, 0.2) is 0 Å². The van der Waals surface area contributed by atoms with Gasteiger partial charge in [0.2, 0.25) is 0 Å². The molecule has 4 heteroatoms. The van der Waals surface area contributed by atoms with Crippen LogP contribution in [-0.4, -0.2) is 27.5 Å². The molecule has 130 valence electrons. The van der Waals surface area contributed by atoms with E-state index in [1.165, 1.54) is 0 Å². The van der Waals surface area contributed by atoms with E-state index >= 15 is 4.39 Å². The largest absolute Gasteiger partial charge is 0.393 e. The summed E-state index contributed by atoms with van der Waals surface area (Å²) in [5.74, 6) is 1.35. The lowest BCUT2D eigenvalue weighted by molar-refractivity contribution is -0.146. The zero-order valence-electron chi connectivity index (χ0n) is 14.2. The molecule has 0 bridgehead atoms. The minimum Gasteiger partial charge on any atom is -0.393 e. The molecule has 0 aromatic rings. The predicted octanol–water partition coefficient (Wildman–Crippen LogP) is 4.42. The summed E-state index contributed by atoms with van der Waals surface area (Å²) in [4.78, 5) is 11.9. The van der Waals surface area contributed by atoms with E-state index in [1.54, 1.807) is 0 Å². The van der Waals surface area contributed by atoms with Gasteiger partial charge in [-0.15, -0.1) is 0 Å². The molecule has 0 aromatic heterocycles. The van der Waals surface area contributed by atoms with Crippen LogP contribution in [0, 0.1) is 28.6 Å². The van der Waals surface area contributed by atoms with Gasteiger partial charge in [0.05, 0.1) is 10.4 Å². The first-order chi connectivity index (χ1) is 10.7. The van der Waals surface area contributed by atoms with Gasteiger partial charge in [0.1, 0.15) is 12.0 Å². The van der Waals surface area contributed by atoms with E-state index in [4.69, 9.17) is 0 Å². The Balaban J connectivity index is 1.76. The standard InChI is InChI=1S/C19H28BrFO2/c1-17-10-15(21)19(20)14(13(17)5-6-16(17)23)4-3-11-9-12(22)7-8-18(11,19)2/h11,13-16,23H,3-10H2,1-2H3/t11-,13-,14-,15-,16-,17-,18-,19-/m0/s1/i21-1. The highest BCUT2D eigenvalue weighted by Crippen LogP contribution is 2.71. The summed E-state index contributed by atoms with van der Waals surface area (Å²) in [5, 5.41) is 10.5. The highest BCUT2D eigenvalue weighted by Gasteiger charge is 2.70. The van der Waals surface area contributed by atoms with Gasteiger partial charge in [-0.1, -0.05) is 29.8 Å². The van der Waals surface area contributed by atoms with E-state index < -0.39 is 10.5 Å². The number of carbonyl (C=O) groups is 1. The van der Waals surface area contributed by atoms with E-state index in [0.29, 0.717) is 36.9 Å². The summed E-state index contributed by atoms with van der Waals surface area (Å²) in [6.07, 6.45) is 5.05. The summed E-state index contributed by atoms with van der Waals surface area (Å²) in [7, 11) is 0. The minimum absolute atomic E-state index is 0.141. The lowest BCUT2D eigenvalue weighted by Crippen LogP contribution is -2.67. The van der Waals surface area contributed by atoms with Crippen LogP contribution >= 0.6 is 15.9 Å². The van der Waals surface area contributed by atoms with Crippen LogP contribution in [-0.2, 0) is 4.79 Å².